The molecule has 2 heterocycles. The van der Waals surface area contributed by atoms with E-state index in [1.54, 1.807) is 0 Å². The molecule has 4 rings (SSSR count). The molecule has 0 aliphatic rings. The first-order valence-electron chi connectivity index (χ1n) is 7.43. The van der Waals surface area contributed by atoms with E-state index in [4.69, 9.17) is 5.11 Å². The van der Waals surface area contributed by atoms with Crippen molar-refractivity contribution >= 4 is 5.97 Å². The van der Waals surface area contributed by atoms with Crippen molar-refractivity contribution in [3.63, 3.8) is 0 Å². The summed E-state index contributed by atoms with van der Waals surface area (Å²) in [6, 6.07) is 15.4. The quantitative estimate of drug-likeness (QED) is 0.528. The summed E-state index contributed by atoms with van der Waals surface area (Å²) < 4.78 is 0. The molecule has 3 N–H and O–H groups in total. The maximum Gasteiger partial charge on any atom is 0.356 e. The number of carbonyl (C=O) groups is 1. The minimum absolute atomic E-state index is 0.0239. The van der Waals surface area contributed by atoms with Crippen LogP contribution in [0, 0.1) is 0 Å². The van der Waals surface area contributed by atoms with E-state index >= 15 is 0 Å². The maximum atomic E-state index is 11.2. The van der Waals surface area contributed by atoms with Gasteiger partial charge in [-0.05, 0) is 11.1 Å². The summed E-state index contributed by atoms with van der Waals surface area (Å²) in [5.41, 5.74) is 3.98. The standard InChI is InChI=1S/C17H12N6O2/c24-17(25)15-14(20-23-21-15)12-5-1-10(2-6-12)11-3-7-13(8-4-11)16-18-9-19-22-16/h1-9H,(H,24,25)(H,18,19,22)(H,20,21,23). The fourth-order valence-corrected chi connectivity index (χ4v) is 2.56. The van der Waals surface area contributed by atoms with Crippen LogP contribution >= 0.6 is 0 Å². The summed E-state index contributed by atoms with van der Waals surface area (Å²) >= 11 is 0. The molecule has 0 amide bonds. The molecule has 0 saturated carbocycles. The molecule has 0 saturated heterocycles. The molecular formula is C17H12N6O2. The van der Waals surface area contributed by atoms with Gasteiger partial charge in [-0.2, -0.15) is 5.10 Å². The number of carboxylic acids is 1. The molecule has 2 aromatic heterocycles. The SMILES string of the molecule is O=C(O)c1[nH]nnc1-c1ccc(-c2ccc(-c3ncn[nH]3)cc2)cc1. The zero-order valence-electron chi connectivity index (χ0n) is 12.8. The lowest BCUT2D eigenvalue weighted by atomic mass is 10.0. The molecule has 25 heavy (non-hydrogen) atoms. The first kappa shape index (κ1) is 14.8. The lowest BCUT2D eigenvalue weighted by Gasteiger charge is -2.05. The summed E-state index contributed by atoms with van der Waals surface area (Å²) in [4.78, 5) is 15.3. The molecule has 8 nitrogen and oxygen atoms in total. The van der Waals surface area contributed by atoms with E-state index in [0.29, 0.717) is 17.1 Å². The molecule has 8 heteroatoms. The molecule has 2 aromatic carbocycles. The van der Waals surface area contributed by atoms with Gasteiger partial charge < -0.3 is 5.11 Å². The third-order valence-electron chi connectivity index (χ3n) is 3.83. The normalized spacial score (nSPS) is 10.7. The van der Waals surface area contributed by atoms with Crippen LogP contribution in [0.3, 0.4) is 0 Å². The van der Waals surface area contributed by atoms with Gasteiger partial charge in [0.2, 0.25) is 0 Å². The summed E-state index contributed by atoms with van der Waals surface area (Å²) in [7, 11) is 0. The van der Waals surface area contributed by atoms with E-state index in [-0.39, 0.29) is 5.69 Å². The van der Waals surface area contributed by atoms with Gasteiger partial charge in [0.25, 0.3) is 0 Å². The van der Waals surface area contributed by atoms with Gasteiger partial charge in [0.15, 0.2) is 11.5 Å². The first-order valence-corrected chi connectivity index (χ1v) is 7.43. The number of hydrogen-bond donors (Lipinski definition) is 3. The Morgan fingerprint density at radius 3 is 2.00 bits per heavy atom. The second-order valence-corrected chi connectivity index (χ2v) is 5.33. The number of benzene rings is 2. The van der Waals surface area contributed by atoms with Crippen molar-refractivity contribution < 1.29 is 9.90 Å². The highest BCUT2D eigenvalue weighted by Crippen LogP contribution is 2.26. The van der Waals surface area contributed by atoms with Gasteiger partial charge >= 0.3 is 5.97 Å². The van der Waals surface area contributed by atoms with Crippen molar-refractivity contribution in [2.45, 2.75) is 0 Å². The van der Waals surface area contributed by atoms with Crippen LogP contribution in [-0.2, 0) is 0 Å². The smallest absolute Gasteiger partial charge is 0.356 e. The molecule has 4 aromatic rings. The molecule has 0 atom stereocenters. The second kappa shape index (κ2) is 6.00. The molecule has 122 valence electrons. The predicted molar refractivity (Wildman–Crippen MR) is 89.6 cm³/mol. The van der Waals surface area contributed by atoms with Crippen LogP contribution in [0.5, 0.6) is 0 Å². The van der Waals surface area contributed by atoms with Crippen LogP contribution < -0.4 is 0 Å². The average molecular weight is 332 g/mol. The molecule has 0 unspecified atom stereocenters. The van der Waals surface area contributed by atoms with Crippen LogP contribution in [0.1, 0.15) is 10.5 Å². The first-order chi connectivity index (χ1) is 12.2. The molecule has 0 aliphatic carbocycles. The van der Waals surface area contributed by atoms with Crippen molar-refractivity contribution in [1.82, 2.24) is 30.6 Å². The predicted octanol–water partition coefficient (Wildman–Crippen LogP) is 2.62. The highest BCUT2D eigenvalue weighted by molar-refractivity contribution is 5.92. The van der Waals surface area contributed by atoms with Crippen molar-refractivity contribution in [2.75, 3.05) is 0 Å². The summed E-state index contributed by atoms with van der Waals surface area (Å²) in [6.07, 6.45) is 1.47. The Bertz CT molecular complexity index is 1000. The minimum atomic E-state index is -1.09. The maximum absolute atomic E-state index is 11.2. The second-order valence-electron chi connectivity index (χ2n) is 5.33. The number of rotatable bonds is 4. The Labute approximate surface area is 141 Å². The number of nitrogens with one attached hydrogen (secondary N) is 2. The Morgan fingerprint density at radius 2 is 1.44 bits per heavy atom. The Hall–Kier alpha value is -3.81. The molecule has 0 fully saturated rings. The number of nitrogens with zero attached hydrogens (tertiary/aromatic N) is 4. The van der Waals surface area contributed by atoms with Crippen molar-refractivity contribution in [3.8, 4) is 33.8 Å². The van der Waals surface area contributed by atoms with Gasteiger partial charge in [-0.25, -0.2) is 9.78 Å². The van der Waals surface area contributed by atoms with E-state index in [1.165, 1.54) is 6.33 Å². The summed E-state index contributed by atoms with van der Waals surface area (Å²) in [5.74, 6) is -0.374. The van der Waals surface area contributed by atoms with E-state index in [2.05, 4.69) is 30.6 Å². The average Bonchev–Trinajstić information content (AvgIpc) is 3.34. The van der Waals surface area contributed by atoms with Gasteiger partial charge in [0.05, 0.1) is 0 Å². The highest BCUT2D eigenvalue weighted by Gasteiger charge is 2.15. The number of H-pyrrole nitrogens is 2. The Balaban J connectivity index is 1.62. The Morgan fingerprint density at radius 1 is 0.840 bits per heavy atom. The number of aromatic nitrogens is 6. The van der Waals surface area contributed by atoms with Crippen molar-refractivity contribution in [2.24, 2.45) is 0 Å². The van der Waals surface area contributed by atoms with Crippen molar-refractivity contribution in [1.29, 1.82) is 0 Å². The zero-order chi connectivity index (χ0) is 17.2. The van der Waals surface area contributed by atoms with E-state index in [0.717, 1.165) is 16.7 Å². The third kappa shape index (κ3) is 2.76. The number of aromatic carboxylic acids is 1. The highest BCUT2D eigenvalue weighted by atomic mass is 16.4. The van der Waals surface area contributed by atoms with Crippen LogP contribution in [0.4, 0.5) is 0 Å². The number of hydrogen-bond acceptors (Lipinski definition) is 5. The largest absolute Gasteiger partial charge is 0.476 e. The number of aromatic amines is 2. The van der Waals surface area contributed by atoms with E-state index in [9.17, 15) is 4.79 Å². The molecular weight excluding hydrogens is 320 g/mol. The summed E-state index contributed by atoms with van der Waals surface area (Å²) in [5, 5.41) is 25.6. The lowest BCUT2D eigenvalue weighted by Crippen LogP contribution is -1.99. The van der Waals surface area contributed by atoms with Gasteiger partial charge in [0.1, 0.15) is 12.0 Å². The molecule has 0 bridgehead atoms. The fraction of sp³-hybridized carbons (Fsp3) is 0. The molecule has 0 aliphatic heterocycles. The number of carboxylic acid groups (broad SMARTS) is 1. The van der Waals surface area contributed by atoms with E-state index in [1.807, 2.05) is 48.5 Å². The molecule has 0 spiro atoms. The van der Waals surface area contributed by atoms with Gasteiger partial charge in [-0.15, -0.1) is 5.10 Å². The third-order valence-corrected chi connectivity index (χ3v) is 3.83. The topological polar surface area (TPSA) is 120 Å². The van der Waals surface area contributed by atoms with Crippen LogP contribution in [0.2, 0.25) is 0 Å². The lowest BCUT2D eigenvalue weighted by molar-refractivity contribution is 0.0691. The van der Waals surface area contributed by atoms with Gasteiger partial charge in [-0.3, -0.25) is 10.2 Å². The van der Waals surface area contributed by atoms with Crippen LogP contribution in [0.15, 0.2) is 54.9 Å². The van der Waals surface area contributed by atoms with Gasteiger partial charge in [0, 0.05) is 11.1 Å². The molecule has 0 radical (unpaired) electrons. The van der Waals surface area contributed by atoms with Crippen molar-refractivity contribution in [3.05, 3.63) is 60.6 Å². The van der Waals surface area contributed by atoms with Crippen LogP contribution in [-0.4, -0.2) is 41.7 Å². The van der Waals surface area contributed by atoms with Gasteiger partial charge in [-0.1, -0.05) is 53.7 Å². The summed E-state index contributed by atoms with van der Waals surface area (Å²) in [6.45, 7) is 0. The minimum Gasteiger partial charge on any atom is -0.476 e. The zero-order valence-corrected chi connectivity index (χ0v) is 12.8. The Kier molecular flexibility index (Phi) is 3.55. The van der Waals surface area contributed by atoms with E-state index < -0.39 is 5.97 Å². The fourth-order valence-electron chi connectivity index (χ4n) is 2.56. The monoisotopic (exact) mass is 332 g/mol. The van der Waals surface area contributed by atoms with Crippen LogP contribution in [0.25, 0.3) is 33.8 Å².